The zero-order valence-electron chi connectivity index (χ0n) is 13.2. The van der Waals surface area contributed by atoms with Crippen LogP contribution in [-0.4, -0.2) is 15.3 Å². The molecule has 2 heterocycles. The van der Waals surface area contributed by atoms with E-state index in [-0.39, 0.29) is 5.91 Å². The molecule has 1 N–H and O–H groups in total. The Morgan fingerprint density at radius 1 is 1.13 bits per heavy atom. The third-order valence-electron chi connectivity index (χ3n) is 4.57. The van der Waals surface area contributed by atoms with E-state index in [9.17, 15) is 4.79 Å². The first-order valence-electron chi connectivity index (χ1n) is 8.09. The fraction of sp³-hybridized carbons (Fsp3) is 0.263. The van der Waals surface area contributed by atoms with E-state index < -0.39 is 0 Å². The largest absolute Gasteiger partial charge is 0.320 e. The summed E-state index contributed by atoms with van der Waals surface area (Å²) in [5.41, 5.74) is 5.89. The van der Waals surface area contributed by atoms with Gasteiger partial charge in [0.2, 0.25) is 0 Å². The summed E-state index contributed by atoms with van der Waals surface area (Å²) in [5.74, 6) is -0.146. The van der Waals surface area contributed by atoms with Gasteiger partial charge in [0, 0.05) is 17.6 Å². The molecule has 1 aliphatic carbocycles. The maximum atomic E-state index is 12.6. The van der Waals surface area contributed by atoms with Crippen molar-refractivity contribution in [1.82, 2.24) is 9.38 Å². The zero-order valence-corrected chi connectivity index (χ0v) is 13.2. The quantitative estimate of drug-likeness (QED) is 0.783. The number of hydrogen-bond donors (Lipinski definition) is 1. The number of nitrogens with one attached hydrogen (secondary N) is 1. The monoisotopic (exact) mass is 305 g/mol. The number of rotatable bonds is 2. The lowest BCUT2D eigenvalue weighted by atomic mass is 9.90. The lowest BCUT2D eigenvalue weighted by Crippen LogP contribution is -2.15. The van der Waals surface area contributed by atoms with Gasteiger partial charge in [-0.15, -0.1) is 0 Å². The first-order chi connectivity index (χ1) is 11.2. The van der Waals surface area contributed by atoms with Crippen molar-refractivity contribution in [1.29, 1.82) is 0 Å². The molecule has 0 aliphatic heterocycles. The fourth-order valence-electron chi connectivity index (χ4n) is 3.34. The van der Waals surface area contributed by atoms with Crippen LogP contribution >= 0.6 is 0 Å². The van der Waals surface area contributed by atoms with Crippen LogP contribution in [0.4, 0.5) is 5.69 Å². The van der Waals surface area contributed by atoms with Crippen molar-refractivity contribution >= 4 is 17.2 Å². The Morgan fingerprint density at radius 2 is 1.96 bits per heavy atom. The number of carbonyl (C=O) groups excluding carboxylic acids is 1. The highest BCUT2D eigenvalue weighted by molar-refractivity contribution is 6.03. The van der Waals surface area contributed by atoms with Crippen molar-refractivity contribution in [3.05, 3.63) is 65.1 Å². The Bertz CT molecular complexity index is 895. The van der Waals surface area contributed by atoms with Crippen LogP contribution in [0.2, 0.25) is 0 Å². The van der Waals surface area contributed by atoms with E-state index in [1.807, 2.05) is 41.7 Å². The summed E-state index contributed by atoms with van der Waals surface area (Å²) in [7, 11) is 0. The molecule has 0 saturated heterocycles. The molecule has 3 aromatic rings. The minimum atomic E-state index is -0.146. The molecule has 23 heavy (non-hydrogen) atoms. The minimum absolute atomic E-state index is 0.146. The summed E-state index contributed by atoms with van der Waals surface area (Å²) in [6, 6.07) is 12.0. The maximum absolute atomic E-state index is 12.6. The molecule has 0 bridgehead atoms. The van der Waals surface area contributed by atoms with Crippen LogP contribution in [0.1, 0.15) is 40.2 Å². The van der Waals surface area contributed by atoms with Crippen LogP contribution < -0.4 is 5.32 Å². The lowest BCUT2D eigenvalue weighted by Gasteiger charge is -2.19. The van der Waals surface area contributed by atoms with Gasteiger partial charge in [0.25, 0.3) is 5.91 Å². The average molecular weight is 305 g/mol. The van der Waals surface area contributed by atoms with Gasteiger partial charge in [-0.1, -0.05) is 18.2 Å². The number of amides is 1. The summed E-state index contributed by atoms with van der Waals surface area (Å²) in [5, 5.41) is 3.05. The van der Waals surface area contributed by atoms with E-state index >= 15 is 0 Å². The summed E-state index contributed by atoms with van der Waals surface area (Å²) >= 11 is 0. The molecule has 116 valence electrons. The van der Waals surface area contributed by atoms with Gasteiger partial charge in [-0.3, -0.25) is 4.79 Å². The van der Waals surface area contributed by atoms with Crippen molar-refractivity contribution in [2.24, 2.45) is 0 Å². The van der Waals surface area contributed by atoms with Crippen molar-refractivity contribution < 1.29 is 4.79 Å². The molecule has 0 unspecified atom stereocenters. The highest BCUT2D eigenvalue weighted by Gasteiger charge is 2.17. The number of fused-ring (bicyclic) bond motifs is 2. The molecule has 4 nitrogen and oxygen atoms in total. The minimum Gasteiger partial charge on any atom is -0.320 e. The third-order valence-corrected chi connectivity index (χ3v) is 4.57. The topological polar surface area (TPSA) is 46.4 Å². The van der Waals surface area contributed by atoms with E-state index in [0.29, 0.717) is 5.69 Å². The highest BCUT2D eigenvalue weighted by Crippen LogP contribution is 2.28. The second-order valence-electron chi connectivity index (χ2n) is 6.13. The summed E-state index contributed by atoms with van der Waals surface area (Å²) in [6.45, 7) is 2.00. The van der Waals surface area contributed by atoms with Crippen molar-refractivity contribution in [3.8, 4) is 0 Å². The Morgan fingerprint density at radius 3 is 2.83 bits per heavy atom. The second kappa shape index (κ2) is 5.54. The third kappa shape index (κ3) is 2.50. The average Bonchev–Trinajstić information content (AvgIpc) is 3.01. The number of aromatic nitrogens is 2. The molecule has 0 fully saturated rings. The molecule has 1 aromatic carbocycles. The van der Waals surface area contributed by atoms with Gasteiger partial charge in [0.1, 0.15) is 11.3 Å². The van der Waals surface area contributed by atoms with Gasteiger partial charge in [-0.2, -0.15) is 0 Å². The Labute approximate surface area is 135 Å². The van der Waals surface area contributed by atoms with Gasteiger partial charge in [0.05, 0.1) is 0 Å². The standard InChI is InChI=1S/C19H19N3O/c1-13-6-4-11-18-20-17(12-22(13)18)19(23)21-16-10-5-8-14-7-2-3-9-15(14)16/h4-6,8,10-12H,2-3,7,9H2,1H3,(H,21,23). The van der Waals surface area contributed by atoms with Gasteiger partial charge < -0.3 is 9.72 Å². The highest BCUT2D eigenvalue weighted by atomic mass is 16.1. The van der Waals surface area contributed by atoms with Crippen molar-refractivity contribution in [2.75, 3.05) is 5.32 Å². The van der Waals surface area contributed by atoms with E-state index in [4.69, 9.17) is 0 Å². The van der Waals surface area contributed by atoms with E-state index in [1.54, 1.807) is 6.20 Å². The Balaban J connectivity index is 1.66. The number of carbonyl (C=O) groups is 1. The van der Waals surface area contributed by atoms with E-state index in [0.717, 1.165) is 29.9 Å². The van der Waals surface area contributed by atoms with Gasteiger partial charge in [0.15, 0.2) is 0 Å². The maximum Gasteiger partial charge on any atom is 0.275 e. The van der Waals surface area contributed by atoms with E-state index in [2.05, 4.69) is 16.4 Å². The Kier molecular flexibility index (Phi) is 3.37. The lowest BCUT2D eigenvalue weighted by molar-refractivity contribution is 0.102. The smallest absolute Gasteiger partial charge is 0.275 e. The molecule has 0 atom stereocenters. The van der Waals surface area contributed by atoms with Crippen LogP contribution in [0.5, 0.6) is 0 Å². The molecule has 2 aromatic heterocycles. The number of anilines is 1. The first kappa shape index (κ1) is 14.0. The van der Waals surface area contributed by atoms with Crippen LogP contribution in [0.15, 0.2) is 42.6 Å². The van der Waals surface area contributed by atoms with Gasteiger partial charge in [-0.05, 0) is 61.9 Å². The molecule has 4 rings (SSSR count). The molecule has 4 heteroatoms. The fourth-order valence-corrected chi connectivity index (χ4v) is 3.34. The number of aryl methyl sites for hydroxylation is 2. The van der Waals surface area contributed by atoms with Crippen molar-refractivity contribution in [3.63, 3.8) is 0 Å². The molecule has 1 aliphatic rings. The van der Waals surface area contributed by atoms with Gasteiger partial charge >= 0.3 is 0 Å². The van der Waals surface area contributed by atoms with Gasteiger partial charge in [-0.25, -0.2) is 4.98 Å². The van der Waals surface area contributed by atoms with Crippen LogP contribution in [0, 0.1) is 6.92 Å². The predicted molar refractivity (Wildman–Crippen MR) is 91.0 cm³/mol. The number of nitrogens with zero attached hydrogens (tertiary/aromatic N) is 2. The van der Waals surface area contributed by atoms with Crippen LogP contribution in [0.25, 0.3) is 5.65 Å². The SMILES string of the molecule is Cc1cccc2nc(C(=O)Nc3cccc4c3CCCC4)cn12. The molecule has 1 amide bonds. The number of benzene rings is 1. The molecule has 0 radical (unpaired) electrons. The summed E-state index contributed by atoms with van der Waals surface area (Å²) in [6.07, 6.45) is 6.36. The normalized spacial score (nSPS) is 13.8. The number of imidazole rings is 1. The summed E-state index contributed by atoms with van der Waals surface area (Å²) in [4.78, 5) is 17.0. The summed E-state index contributed by atoms with van der Waals surface area (Å²) < 4.78 is 1.94. The zero-order chi connectivity index (χ0) is 15.8. The molecule has 0 spiro atoms. The molecule has 0 saturated carbocycles. The first-order valence-corrected chi connectivity index (χ1v) is 8.09. The molecular formula is C19H19N3O. The second-order valence-corrected chi connectivity index (χ2v) is 6.13. The van der Waals surface area contributed by atoms with Crippen LogP contribution in [-0.2, 0) is 12.8 Å². The van der Waals surface area contributed by atoms with E-state index in [1.165, 1.54) is 24.0 Å². The predicted octanol–water partition coefficient (Wildman–Crippen LogP) is 3.77. The number of pyridine rings is 1. The van der Waals surface area contributed by atoms with Crippen molar-refractivity contribution in [2.45, 2.75) is 32.6 Å². The number of hydrogen-bond acceptors (Lipinski definition) is 2. The Hall–Kier alpha value is -2.62. The van der Waals surface area contributed by atoms with Crippen LogP contribution in [0.3, 0.4) is 0 Å². The molecular weight excluding hydrogens is 286 g/mol.